The van der Waals surface area contributed by atoms with E-state index in [9.17, 15) is 9.90 Å². The molecule has 0 aromatic carbocycles. The maximum absolute atomic E-state index is 11.0. The maximum Gasteiger partial charge on any atom is 0.335 e. The molecule has 0 unspecified atom stereocenters. The van der Waals surface area contributed by atoms with Crippen molar-refractivity contribution in [3.63, 3.8) is 0 Å². The molecule has 102 valence electrons. The van der Waals surface area contributed by atoms with E-state index in [0.717, 1.165) is 30.8 Å². The highest BCUT2D eigenvalue weighted by Gasteiger charge is 2.40. The van der Waals surface area contributed by atoms with Crippen LogP contribution in [0.2, 0.25) is 0 Å². The van der Waals surface area contributed by atoms with Crippen LogP contribution in [0.25, 0.3) is 0 Å². The molecule has 0 amide bonds. The molecule has 19 heavy (non-hydrogen) atoms. The highest BCUT2D eigenvalue weighted by molar-refractivity contribution is 5.77. The number of hydrogen-bond donors (Lipinski definition) is 2. The van der Waals surface area contributed by atoms with Crippen LogP contribution in [0, 0.1) is 0 Å². The number of nitrogens with zero attached hydrogens (tertiary/aromatic N) is 3. The van der Waals surface area contributed by atoms with Gasteiger partial charge in [-0.25, -0.2) is 14.8 Å². The molecule has 2 N–H and O–H groups in total. The molecule has 1 fully saturated rings. The number of carbonyl (C=O) groups is 1. The van der Waals surface area contributed by atoms with Gasteiger partial charge in [0, 0.05) is 37.2 Å². The van der Waals surface area contributed by atoms with Crippen molar-refractivity contribution < 1.29 is 15.0 Å². The lowest BCUT2D eigenvalue weighted by atomic mass is 9.91. The van der Waals surface area contributed by atoms with Gasteiger partial charge in [-0.15, -0.1) is 0 Å². The lowest BCUT2D eigenvalue weighted by molar-refractivity contribution is -0.160. The number of aryl methyl sites for hydroxylation is 1. The first-order valence-corrected chi connectivity index (χ1v) is 6.64. The van der Waals surface area contributed by atoms with Gasteiger partial charge in [0.2, 0.25) is 0 Å². The summed E-state index contributed by atoms with van der Waals surface area (Å²) in [4.78, 5) is 21.7. The number of rotatable bonds is 2. The average Bonchev–Trinajstić information content (AvgIpc) is 2.87. The normalized spacial score (nSPS) is 21.2. The van der Waals surface area contributed by atoms with E-state index in [2.05, 4.69) is 14.9 Å². The lowest BCUT2D eigenvalue weighted by Crippen LogP contribution is -2.49. The van der Waals surface area contributed by atoms with Gasteiger partial charge < -0.3 is 15.1 Å². The van der Waals surface area contributed by atoms with Crippen LogP contribution < -0.4 is 4.90 Å². The second-order valence-electron chi connectivity index (χ2n) is 5.30. The number of hydrogen-bond acceptors (Lipinski definition) is 5. The molecule has 1 saturated heterocycles. The number of aliphatic hydroxyl groups is 1. The van der Waals surface area contributed by atoms with Gasteiger partial charge in [0.1, 0.15) is 12.1 Å². The number of piperidine rings is 1. The maximum atomic E-state index is 11.0. The summed E-state index contributed by atoms with van der Waals surface area (Å²) in [5.74, 6) is -0.199. The Kier molecular flexibility index (Phi) is 2.89. The molecule has 0 atom stereocenters. The van der Waals surface area contributed by atoms with Gasteiger partial charge in [0.05, 0.1) is 0 Å². The lowest BCUT2D eigenvalue weighted by Gasteiger charge is -2.36. The Morgan fingerprint density at radius 1 is 1.26 bits per heavy atom. The molecule has 0 bridgehead atoms. The van der Waals surface area contributed by atoms with E-state index >= 15 is 0 Å². The SMILES string of the molecule is O=C(O)C1(O)CCN(c2ncnc3c2CCC3)CC1. The average molecular weight is 263 g/mol. The summed E-state index contributed by atoms with van der Waals surface area (Å²) in [5.41, 5.74) is 0.736. The second kappa shape index (κ2) is 4.45. The predicted octanol–water partition coefficient (Wildman–Crippen LogP) is 0.381. The van der Waals surface area contributed by atoms with E-state index in [-0.39, 0.29) is 12.8 Å². The highest BCUT2D eigenvalue weighted by Crippen LogP contribution is 2.31. The van der Waals surface area contributed by atoms with Crippen molar-refractivity contribution >= 4 is 11.8 Å². The Bertz CT molecular complexity index is 510. The van der Waals surface area contributed by atoms with Crippen molar-refractivity contribution in [2.45, 2.75) is 37.7 Å². The first kappa shape index (κ1) is 12.3. The Morgan fingerprint density at radius 2 is 2.00 bits per heavy atom. The number of aromatic nitrogens is 2. The summed E-state index contributed by atoms with van der Waals surface area (Å²) >= 11 is 0. The standard InChI is InChI=1S/C13H17N3O3/c17-12(18)13(19)4-6-16(7-5-13)11-9-2-1-3-10(9)14-8-15-11/h8,19H,1-7H2,(H,17,18). The zero-order valence-electron chi connectivity index (χ0n) is 10.7. The third kappa shape index (κ3) is 2.06. The minimum absolute atomic E-state index is 0.237. The van der Waals surface area contributed by atoms with Gasteiger partial charge >= 0.3 is 5.97 Å². The number of aliphatic carboxylic acids is 1. The van der Waals surface area contributed by atoms with Crippen LogP contribution in [0.1, 0.15) is 30.5 Å². The van der Waals surface area contributed by atoms with Crippen molar-refractivity contribution in [2.24, 2.45) is 0 Å². The van der Waals surface area contributed by atoms with Crippen molar-refractivity contribution in [3.05, 3.63) is 17.6 Å². The van der Waals surface area contributed by atoms with Gasteiger partial charge in [-0.1, -0.05) is 0 Å². The van der Waals surface area contributed by atoms with Gasteiger partial charge in [-0.3, -0.25) is 0 Å². The first-order valence-electron chi connectivity index (χ1n) is 6.64. The van der Waals surface area contributed by atoms with E-state index in [4.69, 9.17) is 5.11 Å². The Morgan fingerprint density at radius 3 is 2.68 bits per heavy atom. The van der Waals surface area contributed by atoms with Crippen molar-refractivity contribution in [1.82, 2.24) is 9.97 Å². The third-order valence-electron chi connectivity index (χ3n) is 4.14. The van der Waals surface area contributed by atoms with E-state index in [0.29, 0.717) is 13.1 Å². The molecule has 3 rings (SSSR count). The monoisotopic (exact) mass is 263 g/mol. The molecule has 2 heterocycles. The van der Waals surface area contributed by atoms with Crippen LogP contribution in [0.4, 0.5) is 5.82 Å². The van der Waals surface area contributed by atoms with Gasteiger partial charge in [-0.05, 0) is 19.3 Å². The van der Waals surface area contributed by atoms with E-state index in [1.165, 1.54) is 5.56 Å². The Hall–Kier alpha value is -1.69. The van der Waals surface area contributed by atoms with E-state index in [1.807, 2.05) is 0 Å². The molecule has 0 spiro atoms. The highest BCUT2D eigenvalue weighted by atomic mass is 16.4. The van der Waals surface area contributed by atoms with Crippen LogP contribution in [-0.4, -0.2) is 44.8 Å². The summed E-state index contributed by atoms with van der Waals surface area (Å²) in [7, 11) is 0. The topological polar surface area (TPSA) is 86.5 Å². The fourth-order valence-electron chi connectivity index (χ4n) is 2.92. The van der Waals surface area contributed by atoms with Crippen LogP contribution in [0.3, 0.4) is 0 Å². The molecule has 0 radical (unpaired) electrons. The van der Waals surface area contributed by atoms with Gasteiger partial charge in [0.25, 0.3) is 0 Å². The fourth-order valence-corrected chi connectivity index (χ4v) is 2.92. The summed E-state index contributed by atoms with van der Waals surface area (Å²) in [6.45, 7) is 1.04. The Balaban J connectivity index is 1.80. The van der Waals surface area contributed by atoms with Crippen molar-refractivity contribution in [1.29, 1.82) is 0 Å². The molecule has 1 aliphatic heterocycles. The predicted molar refractivity (Wildman–Crippen MR) is 68.1 cm³/mol. The van der Waals surface area contributed by atoms with Gasteiger partial charge in [-0.2, -0.15) is 0 Å². The molecule has 6 heteroatoms. The zero-order chi connectivity index (χ0) is 13.5. The minimum atomic E-state index is -1.58. The fraction of sp³-hybridized carbons (Fsp3) is 0.615. The largest absolute Gasteiger partial charge is 0.479 e. The molecule has 0 saturated carbocycles. The van der Waals surface area contributed by atoms with Crippen LogP contribution in [0.15, 0.2) is 6.33 Å². The zero-order valence-corrected chi connectivity index (χ0v) is 10.7. The smallest absolute Gasteiger partial charge is 0.335 e. The molecule has 1 aliphatic carbocycles. The Labute approximate surface area is 111 Å². The summed E-state index contributed by atoms with van der Waals surface area (Å²) < 4.78 is 0. The molecule has 2 aliphatic rings. The van der Waals surface area contributed by atoms with Crippen molar-refractivity contribution in [2.75, 3.05) is 18.0 Å². The molecular weight excluding hydrogens is 246 g/mol. The minimum Gasteiger partial charge on any atom is -0.479 e. The molecule has 1 aromatic rings. The van der Waals surface area contributed by atoms with Crippen LogP contribution in [0.5, 0.6) is 0 Å². The molecule has 1 aromatic heterocycles. The van der Waals surface area contributed by atoms with Crippen molar-refractivity contribution in [3.8, 4) is 0 Å². The quantitative estimate of drug-likeness (QED) is 0.802. The third-order valence-corrected chi connectivity index (χ3v) is 4.14. The molecular formula is C13H17N3O3. The van der Waals surface area contributed by atoms with E-state index < -0.39 is 11.6 Å². The second-order valence-corrected chi connectivity index (χ2v) is 5.30. The number of carboxylic acids is 1. The summed E-state index contributed by atoms with van der Waals surface area (Å²) in [6.07, 6.45) is 5.15. The van der Waals surface area contributed by atoms with Crippen LogP contribution in [-0.2, 0) is 17.6 Å². The summed E-state index contributed by atoms with van der Waals surface area (Å²) in [5, 5.41) is 19.0. The first-order chi connectivity index (χ1) is 9.10. The van der Waals surface area contributed by atoms with E-state index in [1.54, 1.807) is 6.33 Å². The van der Waals surface area contributed by atoms with Gasteiger partial charge in [0.15, 0.2) is 5.60 Å². The number of carboxylic acid groups (broad SMARTS) is 1. The number of anilines is 1. The number of fused-ring (bicyclic) bond motifs is 1. The van der Waals surface area contributed by atoms with Crippen LogP contribution >= 0.6 is 0 Å². The molecule has 6 nitrogen and oxygen atoms in total. The summed E-state index contributed by atoms with van der Waals surface area (Å²) in [6, 6.07) is 0.